The van der Waals surface area contributed by atoms with E-state index >= 15 is 0 Å². The number of piperazine rings is 1. The van der Waals surface area contributed by atoms with Crippen molar-refractivity contribution in [3.05, 3.63) is 11.6 Å². The number of allylic oxidation sites excluding steroid dienone is 1. The molecule has 4 fully saturated rings. The van der Waals surface area contributed by atoms with Crippen LogP contribution >= 0.6 is 0 Å². The van der Waals surface area contributed by atoms with Crippen molar-refractivity contribution in [1.82, 2.24) is 14.7 Å². The Kier molecular flexibility index (Phi) is 8.19. The molecule has 4 atom stereocenters. The molecule has 4 aliphatic rings. The predicted molar refractivity (Wildman–Crippen MR) is 133 cm³/mol. The molecule has 36 heavy (non-hydrogen) atoms. The highest BCUT2D eigenvalue weighted by Gasteiger charge is 2.64. The number of carbonyl (C=O) groups excluding carboxylic acids is 2. The van der Waals surface area contributed by atoms with Crippen LogP contribution in [0.15, 0.2) is 11.6 Å². The Morgan fingerprint density at radius 3 is 2.28 bits per heavy atom. The van der Waals surface area contributed by atoms with Crippen LogP contribution in [0, 0.1) is 5.92 Å². The van der Waals surface area contributed by atoms with Crippen LogP contribution < -0.4 is 0 Å². The molecule has 0 aromatic heterocycles. The molecular formula is C26H43N3O7. The number of methoxy groups -OCH3 is 1. The topological polar surface area (TPSA) is 93.3 Å². The third-order valence-corrected chi connectivity index (χ3v) is 7.98. The fourth-order valence-electron chi connectivity index (χ4n) is 5.66. The lowest BCUT2D eigenvalue weighted by Gasteiger charge is -2.48. The Morgan fingerprint density at radius 2 is 1.69 bits per heavy atom. The van der Waals surface area contributed by atoms with Crippen LogP contribution in [0.3, 0.4) is 0 Å². The Bertz CT molecular complexity index is 825. The number of likely N-dealkylation sites (N-methyl/N-ethyl adjacent to an activating group) is 1. The maximum Gasteiger partial charge on any atom is 0.410 e. The van der Waals surface area contributed by atoms with E-state index in [0.29, 0.717) is 45.8 Å². The summed E-state index contributed by atoms with van der Waals surface area (Å²) in [6.45, 7) is 13.1. The van der Waals surface area contributed by atoms with Crippen molar-refractivity contribution in [2.24, 2.45) is 5.92 Å². The monoisotopic (exact) mass is 509 g/mol. The van der Waals surface area contributed by atoms with Gasteiger partial charge in [-0.3, -0.25) is 0 Å². The summed E-state index contributed by atoms with van der Waals surface area (Å²) in [4.78, 5) is 30.8. The number of epoxide rings is 1. The molecule has 2 amide bonds. The quantitative estimate of drug-likeness (QED) is 0.382. The highest BCUT2D eigenvalue weighted by atomic mass is 16.6. The van der Waals surface area contributed by atoms with Crippen LogP contribution in [0.4, 0.5) is 9.59 Å². The van der Waals surface area contributed by atoms with E-state index in [9.17, 15) is 9.59 Å². The summed E-state index contributed by atoms with van der Waals surface area (Å²) < 4.78 is 29.7. The zero-order valence-corrected chi connectivity index (χ0v) is 22.7. The lowest BCUT2D eigenvalue weighted by Crippen LogP contribution is -2.61. The predicted octanol–water partition coefficient (Wildman–Crippen LogP) is 2.52. The van der Waals surface area contributed by atoms with Crippen molar-refractivity contribution in [3.8, 4) is 0 Å². The van der Waals surface area contributed by atoms with E-state index < -0.39 is 17.8 Å². The highest BCUT2D eigenvalue weighted by Crippen LogP contribution is 2.52. The fraction of sp³-hybridized carbons (Fsp3) is 0.846. The number of nitrogens with zero attached hydrogens (tertiary/aromatic N) is 3. The minimum absolute atomic E-state index is 0.0826. The summed E-state index contributed by atoms with van der Waals surface area (Å²) in [6.07, 6.45) is 1.76. The van der Waals surface area contributed by atoms with Gasteiger partial charge in [0.25, 0.3) is 0 Å². The van der Waals surface area contributed by atoms with Gasteiger partial charge in [0.05, 0.1) is 37.5 Å². The van der Waals surface area contributed by atoms with Gasteiger partial charge in [0.1, 0.15) is 18.3 Å². The number of carbonyl (C=O) groups is 2. The summed E-state index contributed by atoms with van der Waals surface area (Å²) >= 11 is 0. The Balaban J connectivity index is 1.30. The van der Waals surface area contributed by atoms with Gasteiger partial charge in [-0.05, 0) is 47.6 Å². The molecule has 0 radical (unpaired) electrons. The van der Waals surface area contributed by atoms with E-state index in [-0.39, 0.29) is 29.8 Å². The molecule has 4 rings (SSSR count). The molecule has 204 valence electrons. The van der Waals surface area contributed by atoms with E-state index in [4.69, 9.17) is 23.7 Å². The number of likely N-dealkylation sites (tertiary alicyclic amines) is 1. The van der Waals surface area contributed by atoms with Crippen LogP contribution in [0.25, 0.3) is 0 Å². The van der Waals surface area contributed by atoms with Crippen LogP contribution in [-0.2, 0) is 23.7 Å². The van der Waals surface area contributed by atoms with Gasteiger partial charge in [-0.25, -0.2) is 9.59 Å². The molecule has 0 aromatic carbocycles. The van der Waals surface area contributed by atoms with Gasteiger partial charge in [-0.2, -0.15) is 0 Å². The Morgan fingerprint density at radius 1 is 1.06 bits per heavy atom. The van der Waals surface area contributed by atoms with Crippen LogP contribution in [0.1, 0.15) is 40.5 Å². The van der Waals surface area contributed by atoms with Crippen molar-refractivity contribution in [3.63, 3.8) is 0 Å². The van der Waals surface area contributed by atoms with Gasteiger partial charge < -0.3 is 38.4 Å². The first kappa shape index (κ1) is 27.2. The molecular weight excluding hydrogens is 466 g/mol. The first-order valence-corrected chi connectivity index (χ1v) is 13.1. The van der Waals surface area contributed by atoms with E-state index in [0.717, 1.165) is 19.5 Å². The van der Waals surface area contributed by atoms with Gasteiger partial charge >= 0.3 is 12.2 Å². The molecule has 3 saturated heterocycles. The van der Waals surface area contributed by atoms with Crippen LogP contribution in [0.5, 0.6) is 0 Å². The van der Waals surface area contributed by atoms with Crippen LogP contribution in [0.2, 0.25) is 0 Å². The molecule has 0 bridgehead atoms. The second kappa shape index (κ2) is 10.8. The number of rotatable bonds is 7. The van der Waals surface area contributed by atoms with E-state index in [2.05, 4.69) is 24.8 Å². The zero-order valence-electron chi connectivity index (χ0n) is 22.7. The summed E-state index contributed by atoms with van der Waals surface area (Å²) in [5.41, 5.74) is 0.370. The molecule has 0 unspecified atom stereocenters. The van der Waals surface area contributed by atoms with Crippen LogP contribution in [-0.4, -0.2) is 123 Å². The minimum Gasteiger partial charge on any atom is -0.443 e. The fourth-order valence-corrected chi connectivity index (χ4v) is 5.66. The number of amides is 2. The van der Waals surface area contributed by atoms with Crippen molar-refractivity contribution in [2.75, 3.05) is 66.6 Å². The van der Waals surface area contributed by atoms with Crippen molar-refractivity contribution in [2.45, 2.75) is 70.1 Å². The maximum absolute atomic E-state index is 12.9. The molecule has 1 saturated carbocycles. The average Bonchev–Trinajstić information content (AvgIpc) is 3.56. The molecule has 1 aliphatic carbocycles. The van der Waals surface area contributed by atoms with Crippen molar-refractivity contribution >= 4 is 12.2 Å². The second-order valence-electron chi connectivity index (χ2n) is 11.4. The molecule has 0 aromatic rings. The van der Waals surface area contributed by atoms with Crippen molar-refractivity contribution in [1.29, 1.82) is 0 Å². The van der Waals surface area contributed by atoms with E-state index in [1.165, 1.54) is 5.57 Å². The van der Waals surface area contributed by atoms with Gasteiger partial charge in [0, 0.05) is 39.2 Å². The molecule has 3 heterocycles. The summed E-state index contributed by atoms with van der Waals surface area (Å²) in [5.74, 6) is -0.0826. The van der Waals surface area contributed by atoms with E-state index in [1.54, 1.807) is 16.9 Å². The Labute approximate surface area is 214 Å². The number of ether oxygens (including phenoxy) is 5. The van der Waals surface area contributed by atoms with Gasteiger partial charge in [0.15, 0.2) is 0 Å². The molecule has 10 nitrogen and oxygen atoms in total. The highest BCUT2D eigenvalue weighted by molar-refractivity contribution is 5.71. The summed E-state index contributed by atoms with van der Waals surface area (Å²) in [6, 6.07) is 0. The normalized spacial score (nSPS) is 31.1. The molecule has 3 aliphatic heterocycles. The summed E-state index contributed by atoms with van der Waals surface area (Å²) in [5, 5.41) is 0. The van der Waals surface area contributed by atoms with Gasteiger partial charge in [-0.1, -0.05) is 11.6 Å². The Hall–Kier alpha value is -1.88. The minimum atomic E-state index is -0.534. The maximum atomic E-state index is 12.9. The lowest BCUT2D eigenvalue weighted by molar-refractivity contribution is -0.175. The molecule has 10 heteroatoms. The zero-order chi connectivity index (χ0) is 26.1. The van der Waals surface area contributed by atoms with Crippen molar-refractivity contribution < 1.29 is 33.3 Å². The second-order valence-corrected chi connectivity index (χ2v) is 11.4. The summed E-state index contributed by atoms with van der Waals surface area (Å²) in [7, 11) is 3.69. The first-order valence-electron chi connectivity index (χ1n) is 13.1. The van der Waals surface area contributed by atoms with Gasteiger partial charge in [0.2, 0.25) is 0 Å². The SMILES string of the molecule is CO[C@H]1[C@H](C(C)(C)OCC=C(C)C)[C@]2(CC[C@H]1OC(=O)N1CC(OC(=O)N3CCN(C)CC3)C1)CO2. The number of hydrogen-bond donors (Lipinski definition) is 0. The smallest absolute Gasteiger partial charge is 0.410 e. The molecule has 1 spiro atoms. The largest absolute Gasteiger partial charge is 0.443 e. The van der Waals surface area contributed by atoms with E-state index in [1.807, 2.05) is 20.9 Å². The third kappa shape index (κ3) is 5.98. The van der Waals surface area contributed by atoms with Gasteiger partial charge in [-0.15, -0.1) is 0 Å². The lowest BCUT2D eigenvalue weighted by atomic mass is 9.68. The standard InChI is InChI=1S/C26H43N3O7/c1-18(2)8-14-33-25(3,4)22-21(32-6)20(7-9-26(22)17-34-26)36-24(31)29-15-19(16-29)35-23(30)28-12-10-27(5)11-13-28/h8,19-22H,7,9-17H2,1-6H3/t20-,21-,22-,26+/m1/s1. The molecule has 0 N–H and O–H groups in total. The number of hydrogen-bond acceptors (Lipinski definition) is 8. The average molecular weight is 510 g/mol. The third-order valence-electron chi connectivity index (χ3n) is 7.98. The first-order chi connectivity index (χ1) is 17.0.